The molecule has 0 radical (unpaired) electrons. The van der Waals surface area contributed by atoms with Gasteiger partial charge in [-0.3, -0.25) is 4.79 Å². The van der Waals surface area contributed by atoms with Gasteiger partial charge in [-0.15, -0.1) is 0 Å². The summed E-state index contributed by atoms with van der Waals surface area (Å²) in [5.74, 6) is 0.0419. The lowest BCUT2D eigenvalue weighted by atomic mass is 10.2. The van der Waals surface area contributed by atoms with Gasteiger partial charge >= 0.3 is 0 Å². The Morgan fingerprint density at radius 1 is 1.03 bits per heavy atom. The van der Waals surface area contributed by atoms with Gasteiger partial charge in [-0.05, 0) is 24.3 Å². The Morgan fingerprint density at radius 3 is 2.23 bits per heavy atom. The average molecular weight is 448 g/mol. The van der Waals surface area contributed by atoms with Crippen LogP contribution in [0.4, 0.5) is 5.69 Å². The molecule has 0 aliphatic heterocycles. The molecule has 0 aliphatic rings. The molecular weight excluding hydrogens is 422 g/mol. The molecule has 0 fully saturated rings. The summed E-state index contributed by atoms with van der Waals surface area (Å²) in [6.07, 6.45) is 1.67. The zero-order chi connectivity index (χ0) is 22.8. The quantitative estimate of drug-likeness (QED) is 0.564. The number of rotatable bonds is 8. The van der Waals surface area contributed by atoms with Crippen LogP contribution in [0.2, 0.25) is 0 Å². The maximum absolute atomic E-state index is 13.6. The first-order valence-corrected chi connectivity index (χ1v) is 10.9. The van der Waals surface area contributed by atoms with Crippen molar-refractivity contribution in [2.45, 2.75) is 11.3 Å². The van der Waals surface area contributed by atoms with Crippen LogP contribution in [0.15, 0.2) is 47.5 Å². The predicted molar refractivity (Wildman–Crippen MR) is 117 cm³/mol. The van der Waals surface area contributed by atoms with Crippen LogP contribution in [-0.2, 0) is 21.9 Å². The van der Waals surface area contributed by atoms with Crippen molar-refractivity contribution < 1.29 is 27.4 Å². The maximum atomic E-state index is 13.6. The minimum atomic E-state index is -4.26. The third-order valence-electron chi connectivity index (χ3n) is 4.86. The summed E-state index contributed by atoms with van der Waals surface area (Å²) in [5.41, 5.74) is 6.47. The van der Waals surface area contributed by atoms with E-state index in [0.29, 0.717) is 0 Å². The van der Waals surface area contributed by atoms with E-state index in [0.717, 1.165) is 15.2 Å². The van der Waals surface area contributed by atoms with Crippen molar-refractivity contribution in [3.63, 3.8) is 0 Å². The number of nitrogens with two attached hydrogens (primary N) is 1. The molecular formula is C21H25N3O6S. The van der Waals surface area contributed by atoms with Crippen molar-refractivity contribution in [2.75, 3.05) is 32.2 Å². The van der Waals surface area contributed by atoms with Gasteiger partial charge in [-0.2, -0.15) is 0 Å². The molecule has 1 heterocycles. The normalized spacial score (nSPS) is 11.4. The van der Waals surface area contributed by atoms with Crippen LogP contribution in [-0.4, -0.2) is 46.8 Å². The molecule has 0 unspecified atom stereocenters. The fraction of sp³-hybridized carbons (Fsp3) is 0.286. The van der Waals surface area contributed by atoms with Crippen LogP contribution in [0.1, 0.15) is 6.42 Å². The molecule has 10 heteroatoms. The second-order valence-corrected chi connectivity index (χ2v) is 8.52. The van der Waals surface area contributed by atoms with Gasteiger partial charge in [0.05, 0.1) is 31.9 Å². The molecule has 0 spiro atoms. The van der Waals surface area contributed by atoms with E-state index in [1.54, 1.807) is 12.1 Å². The minimum absolute atomic E-state index is 0.00695. The van der Waals surface area contributed by atoms with Crippen LogP contribution >= 0.6 is 0 Å². The number of hydrogen-bond acceptors (Lipinski definition) is 7. The molecule has 0 bridgehead atoms. The maximum Gasteiger partial charge on any atom is 0.270 e. The summed E-state index contributed by atoms with van der Waals surface area (Å²) in [7, 11) is 1.85. The van der Waals surface area contributed by atoms with Gasteiger partial charge in [0.15, 0.2) is 11.5 Å². The predicted octanol–water partition coefficient (Wildman–Crippen LogP) is 2.27. The third kappa shape index (κ3) is 4.04. The van der Waals surface area contributed by atoms with E-state index in [2.05, 4.69) is 0 Å². The molecule has 2 N–H and O–H groups in total. The number of ether oxygens (including phenoxy) is 3. The zero-order valence-corrected chi connectivity index (χ0v) is 18.6. The summed E-state index contributed by atoms with van der Waals surface area (Å²) < 4.78 is 45.7. The van der Waals surface area contributed by atoms with Crippen LogP contribution in [0.3, 0.4) is 0 Å². The van der Waals surface area contributed by atoms with E-state index in [-0.39, 0.29) is 40.8 Å². The summed E-state index contributed by atoms with van der Waals surface area (Å²) in [5, 5.41) is 0.736. The Labute approximate surface area is 181 Å². The van der Waals surface area contributed by atoms with E-state index in [4.69, 9.17) is 19.9 Å². The third-order valence-corrected chi connectivity index (χ3v) is 6.61. The number of aryl methyl sites for hydroxylation is 1. The van der Waals surface area contributed by atoms with E-state index in [1.807, 2.05) is 17.8 Å². The van der Waals surface area contributed by atoms with Crippen molar-refractivity contribution in [3.8, 4) is 17.2 Å². The zero-order valence-electron chi connectivity index (χ0n) is 17.8. The van der Waals surface area contributed by atoms with Crippen molar-refractivity contribution in [1.82, 2.24) is 4.57 Å². The lowest BCUT2D eigenvalue weighted by Gasteiger charge is -2.24. The molecule has 1 amide bonds. The Hall–Kier alpha value is -3.24. The first-order valence-electron chi connectivity index (χ1n) is 9.41. The second kappa shape index (κ2) is 8.86. The molecule has 31 heavy (non-hydrogen) atoms. The molecule has 0 saturated carbocycles. The number of carbonyl (C=O) groups excluding carboxylic acids is 1. The molecule has 0 saturated heterocycles. The van der Waals surface area contributed by atoms with Gasteiger partial charge in [0.25, 0.3) is 10.0 Å². The first-order chi connectivity index (χ1) is 14.8. The Balaban J connectivity index is 2.22. The highest BCUT2D eigenvalue weighted by Gasteiger charge is 2.32. The highest BCUT2D eigenvalue weighted by molar-refractivity contribution is 7.93. The summed E-state index contributed by atoms with van der Waals surface area (Å²) >= 11 is 0. The number of carbonyl (C=O) groups is 1. The smallest absolute Gasteiger partial charge is 0.270 e. The van der Waals surface area contributed by atoms with E-state index in [1.165, 1.54) is 45.6 Å². The summed E-state index contributed by atoms with van der Waals surface area (Å²) in [4.78, 5) is 12.9. The number of methoxy groups -OCH3 is 3. The number of sulfonamides is 1. The van der Waals surface area contributed by atoms with Crippen LogP contribution < -0.4 is 24.2 Å². The summed E-state index contributed by atoms with van der Waals surface area (Å²) in [6, 6.07) is 9.33. The molecule has 2 aromatic carbocycles. The van der Waals surface area contributed by atoms with Crippen molar-refractivity contribution in [2.24, 2.45) is 12.8 Å². The Bertz CT molecular complexity index is 1190. The molecule has 3 aromatic rings. The van der Waals surface area contributed by atoms with Crippen LogP contribution in [0.5, 0.6) is 17.2 Å². The van der Waals surface area contributed by atoms with Crippen LogP contribution in [0, 0.1) is 0 Å². The number of amides is 1. The topological polar surface area (TPSA) is 113 Å². The van der Waals surface area contributed by atoms with E-state index < -0.39 is 15.9 Å². The van der Waals surface area contributed by atoms with Gasteiger partial charge in [-0.25, -0.2) is 12.7 Å². The Morgan fingerprint density at radius 2 is 1.68 bits per heavy atom. The highest BCUT2D eigenvalue weighted by Crippen LogP contribution is 2.42. The molecule has 3 rings (SSSR count). The first kappa shape index (κ1) is 22.4. The van der Waals surface area contributed by atoms with Crippen molar-refractivity contribution >= 4 is 32.5 Å². The molecule has 166 valence electrons. The molecule has 0 aliphatic carbocycles. The lowest BCUT2D eigenvalue weighted by molar-refractivity contribution is -0.117. The number of nitrogens with zero attached hydrogens (tertiary/aromatic N) is 2. The standard InChI is InChI=1S/C21H25N3O6S/c1-23-10-8-14-11-16(5-6-17(14)23)31(26,27)24(20(25)7-9-22)15-12-18(28-2)21(30-4)19(13-15)29-3/h5-6,8,10-13H,7,9,22H2,1-4H3. The van der Waals surface area contributed by atoms with Crippen LogP contribution in [0.25, 0.3) is 10.9 Å². The molecule has 1 aromatic heterocycles. The van der Waals surface area contributed by atoms with Gasteiger partial charge in [0, 0.05) is 49.2 Å². The van der Waals surface area contributed by atoms with Gasteiger partial charge in [0.1, 0.15) is 0 Å². The number of hydrogen-bond donors (Lipinski definition) is 1. The fourth-order valence-electron chi connectivity index (χ4n) is 3.35. The van der Waals surface area contributed by atoms with Gasteiger partial charge < -0.3 is 24.5 Å². The average Bonchev–Trinajstić information content (AvgIpc) is 3.13. The summed E-state index contributed by atoms with van der Waals surface area (Å²) in [6.45, 7) is -0.00695. The largest absolute Gasteiger partial charge is 0.493 e. The highest BCUT2D eigenvalue weighted by atomic mass is 32.2. The van der Waals surface area contributed by atoms with Crippen molar-refractivity contribution in [3.05, 3.63) is 42.6 Å². The van der Waals surface area contributed by atoms with E-state index in [9.17, 15) is 13.2 Å². The number of fused-ring (bicyclic) bond motifs is 1. The second-order valence-electron chi connectivity index (χ2n) is 6.73. The number of anilines is 1. The lowest BCUT2D eigenvalue weighted by Crippen LogP contribution is -2.38. The van der Waals surface area contributed by atoms with E-state index >= 15 is 0 Å². The van der Waals surface area contributed by atoms with Crippen molar-refractivity contribution in [1.29, 1.82) is 0 Å². The Kier molecular flexibility index (Phi) is 6.42. The van der Waals surface area contributed by atoms with Gasteiger partial charge in [-0.1, -0.05) is 0 Å². The monoisotopic (exact) mass is 447 g/mol. The molecule has 0 atom stereocenters. The van der Waals surface area contributed by atoms with Gasteiger partial charge in [0.2, 0.25) is 11.7 Å². The number of aromatic nitrogens is 1. The minimum Gasteiger partial charge on any atom is -0.493 e. The fourth-order valence-corrected chi connectivity index (χ4v) is 4.82. The number of benzene rings is 2. The SMILES string of the molecule is COc1cc(N(C(=O)CCN)S(=O)(=O)c2ccc3c(ccn3C)c2)cc(OC)c1OC. The molecule has 9 nitrogen and oxygen atoms in total.